The first-order valence-electron chi connectivity index (χ1n) is 11.6. The molecular weight excluding hydrogens is 380 g/mol. The van der Waals surface area contributed by atoms with Crippen LogP contribution in [0.5, 0.6) is 0 Å². The number of fused-ring (bicyclic) bond motifs is 5. The van der Waals surface area contributed by atoms with Crippen LogP contribution in [-0.2, 0) is 14.3 Å². The van der Waals surface area contributed by atoms with E-state index in [4.69, 9.17) is 4.74 Å². The molecule has 1 saturated heterocycles. The maximum atomic E-state index is 12.7. The Morgan fingerprint density at radius 2 is 1.83 bits per heavy atom. The minimum absolute atomic E-state index is 0.0338. The fourth-order valence-electron chi connectivity index (χ4n) is 5.10. The molecule has 1 heterocycles. The maximum absolute atomic E-state index is 12.7. The first kappa shape index (κ1) is 22.8. The van der Waals surface area contributed by atoms with Crippen molar-refractivity contribution in [2.75, 3.05) is 32.8 Å². The zero-order valence-corrected chi connectivity index (χ0v) is 18.9. The number of amides is 2. The van der Waals surface area contributed by atoms with Crippen molar-refractivity contribution in [1.82, 2.24) is 15.5 Å². The molecule has 0 aromatic heterocycles. The average molecular weight is 419 g/mol. The number of ether oxygens (including phenoxy) is 1. The summed E-state index contributed by atoms with van der Waals surface area (Å²) in [6.07, 6.45) is 7.09. The number of rotatable bonds is 11. The fraction of sp³-hybridized carbons (Fsp3) is 0.783. The average Bonchev–Trinajstić information content (AvgIpc) is 3.39. The summed E-state index contributed by atoms with van der Waals surface area (Å²) < 4.78 is 5.80. The Kier molecular flexibility index (Phi) is 7.92. The van der Waals surface area contributed by atoms with Crippen LogP contribution in [0.3, 0.4) is 0 Å². The van der Waals surface area contributed by atoms with Crippen molar-refractivity contribution in [1.29, 1.82) is 0 Å². The van der Waals surface area contributed by atoms with Crippen LogP contribution in [0.15, 0.2) is 17.1 Å². The van der Waals surface area contributed by atoms with E-state index in [0.29, 0.717) is 25.4 Å². The topological polar surface area (TPSA) is 83.0 Å². The second-order valence-corrected chi connectivity index (χ2v) is 8.90. The van der Waals surface area contributed by atoms with Gasteiger partial charge >= 0.3 is 0 Å². The number of nitrogens with zero attached hydrogens (tertiary/aromatic N) is 2. The minimum Gasteiger partial charge on any atom is -0.378 e. The molecule has 2 N–H and O–H groups in total. The summed E-state index contributed by atoms with van der Waals surface area (Å²) in [6, 6.07) is 0. The Morgan fingerprint density at radius 1 is 1.17 bits per heavy atom. The maximum Gasteiger partial charge on any atom is 0.233 e. The van der Waals surface area contributed by atoms with Crippen LogP contribution in [0.4, 0.5) is 0 Å². The number of carbonyl (C=O) groups is 2. The third-order valence-corrected chi connectivity index (χ3v) is 6.56. The number of aliphatic imine (C=N–C) groups is 1. The van der Waals surface area contributed by atoms with Crippen LogP contribution in [0, 0.1) is 29.6 Å². The van der Waals surface area contributed by atoms with Gasteiger partial charge in [-0.05, 0) is 50.9 Å². The second kappa shape index (κ2) is 10.4. The zero-order valence-electron chi connectivity index (χ0n) is 18.9. The molecule has 2 bridgehead atoms. The van der Waals surface area contributed by atoms with Gasteiger partial charge in [0.05, 0.1) is 17.9 Å². The molecule has 5 unspecified atom stereocenters. The Balaban J connectivity index is 1.43. The number of imide groups is 1. The lowest BCUT2D eigenvalue weighted by atomic mass is 9.85. The van der Waals surface area contributed by atoms with E-state index in [9.17, 15) is 9.59 Å². The van der Waals surface area contributed by atoms with E-state index in [0.717, 1.165) is 38.5 Å². The molecule has 3 rings (SSSR count). The molecule has 1 saturated carbocycles. The van der Waals surface area contributed by atoms with Crippen LogP contribution in [0.1, 0.15) is 47.0 Å². The Morgan fingerprint density at radius 3 is 2.40 bits per heavy atom. The SMILES string of the molecule is CCNC(=NCCCN1C(=O)C2C3C=CC(C3)C2C1=O)NCCC(OCC)C(C)C. The van der Waals surface area contributed by atoms with Gasteiger partial charge in [0.15, 0.2) is 5.96 Å². The Labute approximate surface area is 180 Å². The highest BCUT2D eigenvalue weighted by Gasteiger charge is 2.58. The number of guanidine groups is 1. The number of nitrogens with one attached hydrogen (secondary N) is 2. The normalized spacial score (nSPS) is 28.6. The highest BCUT2D eigenvalue weighted by Crippen LogP contribution is 2.52. The molecule has 30 heavy (non-hydrogen) atoms. The zero-order chi connectivity index (χ0) is 21.7. The largest absolute Gasteiger partial charge is 0.378 e. The summed E-state index contributed by atoms with van der Waals surface area (Å²) in [7, 11) is 0. The molecule has 0 aromatic rings. The molecule has 168 valence electrons. The van der Waals surface area contributed by atoms with Crippen LogP contribution < -0.4 is 10.6 Å². The van der Waals surface area contributed by atoms with E-state index >= 15 is 0 Å². The van der Waals surface area contributed by atoms with Gasteiger partial charge in [0, 0.05) is 32.8 Å². The molecule has 2 aliphatic carbocycles. The monoisotopic (exact) mass is 418 g/mol. The van der Waals surface area contributed by atoms with Crippen molar-refractivity contribution in [3.63, 3.8) is 0 Å². The molecule has 2 fully saturated rings. The summed E-state index contributed by atoms with van der Waals surface area (Å²) >= 11 is 0. The molecule has 1 aliphatic heterocycles. The van der Waals surface area contributed by atoms with Gasteiger partial charge in [0.25, 0.3) is 0 Å². The van der Waals surface area contributed by atoms with Gasteiger partial charge in [-0.3, -0.25) is 19.5 Å². The summed E-state index contributed by atoms with van der Waals surface area (Å²) in [5, 5.41) is 6.62. The first-order valence-corrected chi connectivity index (χ1v) is 11.6. The smallest absolute Gasteiger partial charge is 0.233 e. The molecule has 0 aromatic carbocycles. The molecule has 7 nitrogen and oxygen atoms in total. The standard InChI is InChI=1S/C23H38N4O3/c1-5-24-23(26-12-10-18(15(3)4)30-6-2)25-11-7-13-27-21(28)19-16-8-9-17(14-16)20(19)22(27)29/h8-9,15-20H,5-7,10-14H2,1-4H3,(H2,24,25,26). The number of hydrogen-bond donors (Lipinski definition) is 2. The Bertz CT molecular complexity index is 645. The first-order chi connectivity index (χ1) is 14.5. The molecule has 3 aliphatic rings. The van der Waals surface area contributed by atoms with E-state index in [1.54, 1.807) is 0 Å². The molecule has 5 atom stereocenters. The quantitative estimate of drug-likeness (QED) is 0.177. The van der Waals surface area contributed by atoms with Crippen molar-refractivity contribution < 1.29 is 14.3 Å². The second-order valence-electron chi connectivity index (χ2n) is 8.90. The van der Waals surface area contributed by atoms with E-state index in [1.165, 1.54) is 4.90 Å². The van der Waals surface area contributed by atoms with Crippen molar-refractivity contribution in [2.24, 2.45) is 34.6 Å². The van der Waals surface area contributed by atoms with E-state index < -0.39 is 0 Å². The van der Waals surface area contributed by atoms with Crippen LogP contribution >= 0.6 is 0 Å². The van der Waals surface area contributed by atoms with E-state index in [1.807, 2.05) is 13.8 Å². The van der Waals surface area contributed by atoms with Gasteiger partial charge in [-0.15, -0.1) is 0 Å². The number of hydrogen-bond acceptors (Lipinski definition) is 4. The predicted molar refractivity (Wildman–Crippen MR) is 118 cm³/mol. The van der Waals surface area contributed by atoms with Gasteiger partial charge in [0.1, 0.15) is 0 Å². The molecule has 7 heteroatoms. The summed E-state index contributed by atoms with van der Waals surface area (Å²) in [5.74, 6) is 1.66. The summed E-state index contributed by atoms with van der Waals surface area (Å²) in [6.45, 7) is 11.8. The third-order valence-electron chi connectivity index (χ3n) is 6.56. The minimum atomic E-state index is -0.103. The highest BCUT2D eigenvalue weighted by atomic mass is 16.5. The lowest BCUT2D eigenvalue weighted by molar-refractivity contribution is -0.140. The highest BCUT2D eigenvalue weighted by molar-refractivity contribution is 6.06. The molecule has 0 radical (unpaired) electrons. The predicted octanol–water partition coefficient (Wildman–Crippen LogP) is 2.19. The fourth-order valence-corrected chi connectivity index (χ4v) is 5.10. The summed E-state index contributed by atoms with van der Waals surface area (Å²) in [4.78, 5) is 31.6. The number of carbonyl (C=O) groups excluding carboxylic acids is 2. The van der Waals surface area contributed by atoms with Crippen molar-refractivity contribution in [3.8, 4) is 0 Å². The van der Waals surface area contributed by atoms with E-state index in [2.05, 4.69) is 41.6 Å². The van der Waals surface area contributed by atoms with Crippen LogP contribution in [-0.4, -0.2) is 61.6 Å². The molecular formula is C23H38N4O3. The number of allylic oxidation sites excluding steroid dienone is 2. The van der Waals surface area contributed by atoms with Crippen molar-refractivity contribution in [2.45, 2.75) is 53.1 Å². The van der Waals surface area contributed by atoms with Gasteiger partial charge in [-0.2, -0.15) is 0 Å². The van der Waals surface area contributed by atoms with Gasteiger partial charge in [-0.25, -0.2) is 0 Å². The van der Waals surface area contributed by atoms with Crippen LogP contribution in [0.25, 0.3) is 0 Å². The van der Waals surface area contributed by atoms with Gasteiger partial charge in [0.2, 0.25) is 11.8 Å². The molecule has 2 amide bonds. The lowest BCUT2D eigenvalue weighted by Crippen LogP contribution is -2.39. The lowest BCUT2D eigenvalue weighted by Gasteiger charge is -2.21. The van der Waals surface area contributed by atoms with Gasteiger partial charge < -0.3 is 15.4 Å². The van der Waals surface area contributed by atoms with Crippen molar-refractivity contribution in [3.05, 3.63) is 12.2 Å². The number of likely N-dealkylation sites (tertiary alicyclic amines) is 1. The van der Waals surface area contributed by atoms with E-state index in [-0.39, 0.29) is 41.6 Å². The summed E-state index contributed by atoms with van der Waals surface area (Å²) in [5.41, 5.74) is 0. The van der Waals surface area contributed by atoms with Crippen molar-refractivity contribution >= 4 is 17.8 Å². The van der Waals surface area contributed by atoms with Crippen LogP contribution in [0.2, 0.25) is 0 Å². The third kappa shape index (κ3) is 4.88. The molecule has 0 spiro atoms. The van der Waals surface area contributed by atoms with Gasteiger partial charge in [-0.1, -0.05) is 26.0 Å². The Hall–Kier alpha value is -1.89.